The molecule has 0 aliphatic rings. The Morgan fingerprint density at radius 2 is 1.96 bits per heavy atom. The molecule has 0 fully saturated rings. The summed E-state index contributed by atoms with van der Waals surface area (Å²) in [6, 6.07) is 9.55. The molecule has 3 aromatic rings. The predicted octanol–water partition coefficient (Wildman–Crippen LogP) is 2.76. The van der Waals surface area contributed by atoms with Crippen LogP contribution in [0.15, 0.2) is 59.9 Å². The first kappa shape index (κ1) is 18.6. The van der Waals surface area contributed by atoms with Crippen molar-refractivity contribution >= 4 is 28.2 Å². The van der Waals surface area contributed by atoms with Gasteiger partial charge in [-0.15, -0.1) is 6.58 Å². The molecule has 0 aliphatic heterocycles. The van der Waals surface area contributed by atoms with Gasteiger partial charge in [-0.3, -0.25) is 19.7 Å². The number of hydrogen-bond donors (Lipinski definition) is 3. The summed E-state index contributed by atoms with van der Waals surface area (Å²) in [6.07, 6.45) is 1.47. The molecule has 3 rings (SSSR count). The smallest absolute Gasteiger partial charge is 0.271 e. The second-order valence-electron chi connectivity index (χ2n) is 5.86. The third-order valence-corrected chi connectivity index (χ3v) is 4.12. The van der Waals surface area contributed by atoms with Crippen LogP contribution in [0.5, 0.6) is 11.5 Å². The number of fused-ring (bicyclic) bond motifs is 1. The van der Waals surface area contributed by atoms with E-state index in [0.717, 1.165) is 18.2 Å². The highest BCUT2D eigenvalue weighted by atomic mass is 16.6. The summed E-state index contributed by atoms with van der Waals surface area (Å²) < 4.78 is 1.27. The van der Waals surface area contributed by atoms with Gasteiger partial charge in [0, 0.05) is 24.1 Å². The molecule has 0 saturated carbocycles. The predicted molar refractivity (Wildman–Crippen MR) is 103 cm³/mol. The number of aromatic nitrogens is 1. The Hall–Kier alpha value is -4.14. The maximum Gasteiger partial charge on any atom is 0.271 e. The zero-order valence-corrected chi connectivity index (χ0v) is 14.5. The highest BCUT2D eigenvalue weighted by Gasteiger charge is 2.23. The van der Waals surface area contributed by atoms with Gasteiger partial charge in [0.2, 0.25) is 0 Å². The van der Waals surface area contributed by atoms with Crippen LogP contribution >= 0.6 is 0 Å². The Balaban J connectivity index is 2.15. The van der Waals surface area contributed by atoms with Gasteiger partial charge in [-0.2, -0.15) is 0 Å². The van der Waals surface area contributed by atoms with Gasteiger partial charge in [0.05, 0.1) is 16.1 Å². The molecule has 0 unspecified atom stereocenters. The number of anilines is 1. The van der Waals surface area contributed by atoms with Gasteiger partial charge in [0.15, 0.2) is 0 Å². The number of non-ortho nitro benzene ring substituents is 1. The number of carbonyl (C=O) groups is 1. The summed E-state index contributed by atoms with van der Waals surface area (Å²) >= 11 is 0. The van der Waals surface area contributed by atoms with Crippen molar-refractivity contribution < 1.29 is 19.9 Å². The summed E-state index contributed by atoms with van der Waals surface area (Å²) in [5.41, 5.74) is -1.52. The number of amides is 1. The monoisotopic (exact) mass is 381 g/mol. The molecule has 1 aromatic heterocycles. The van der Waals surface area contributed by atoms with Crippen molar-refractivity contribution in [3.63, 3.8) is 0 Å². The van der Waals surface area contributed by atoms with Crippen LogP contribution in [0.25, 0.3) is 10.9 Å². The maximum absolute atomic E-state index is 12.8. The average molecular weight is 381 g/mol. The number of pyridine rings is 1. The van der Waals surface area contributed by atoms with Crippen LogP contribution in [0, 0.1) is 10.1 Å². The first-order chi connectivity index (χ1) is 13.3. The number of hydrogen-bond acceptors (Lipinski definition) is 6. The Morgan fingerprint density at radius 3 is 2.64 bits per heavy atom. The van der Waals surface area contributed by atoms with Crippen LogP contribution in [0.4, 0.5) is 11.4 Å². The number of phenolic OH excluding ortho intramolecular Hbond substituents is 1. The second kappa shape index (κ2) is 7.23. The molecular weight excluding hydrogens is 366 g/mol. The lowest BCUT2D eigenvalue weighted by atomic mass is 10.1. The van der Waals surface area contributed by atoms with Gasteiger partial charge in [0.25, 0.3) is 17.2 Å². The number of allylic oxidation sites excluding steroid dienone is 1. The van der Waals surface area contributed by atoms with Gasteiger partial charge in [-0.25, -0.2) is 0 Å². The quantitative estimate of drug-likeness (QED) is 0.269. The van der Waals surface area contributed by atoms with Crippen LogP contribution < -0.4 is 10.9 Å². The van der Waals surface area contributed by atoms with E-state index in [-0.39, 0.29) is 23.3 Å². The molecule has 0 radical (unpaired) electrons. The number of nitrogens with zero attached hydrogens (tertiary/aromatic N) is 2. The van der Waals surface area contributed by atoms with E-state index in [0.29, 0.717) is 5.52 Å². The third-order valence-electron chi connectivity index (χ3n) is 4.12. The number of carbonyl (C=O) groups excluding carboxylic acids is 1. The van der Waals surface area contributed by atoms with Crippen molar-refractivity contribution in [3.8, 4) is 11.5 Å². The third kappa shape index (κ3) is 3.16. The van der Waals surface area contributed by atoms with Crippen molar-refractivity contribution in [3.05, 3.63) is 81.2 Å². The number of aromatic hydroxyl groups is 2. The highest BCUT2D eigenvalue weighted by molar-refractivity contribution is 6.09. The van der Waals surface area contributed by atoms with Crippen LogP contribution in [-0.4, -0.2) is 25.6 Å². The Labute approximate surface area is 157 Å². The van der Waals surface area contributed by atoms with E-state index in [9.17, 15) is 29.9 Å². The minimum absolute atomic E-state index is 0.0992. The number of rotatable bonds is 5. The minimum Gasteiger partial charge on any atom is -0.506 e. The normalized spacial score (nSPS) is 10.6. The molecule has 1 amide bonds. The molecule has 0 aliphatic carbocycles. The van der Waals surface area contributed by atoms with E-state index < -0.39 is 33.5 Å². The molecule has 1 heterocycles. The maximum atomic E-state index is 12.8. The van der Waals surface area contributed by atoms with Crippen LogP contribution in [0.3, 0.4) is 0 Å². The summed E-state index contributed by atoms with van der Waals surface area (Å²) in [4.78, 5) is 35.7. The number of nitro benzene ring substituents is 1. The fraction of sp³-hybridized carbons (Fsp3) is 0.0526. The lowest BCUT2D eigenvalue weighted by molar-refractivity contribution is -0.384. The first-order valence-corrected chi connectivity index (χ1v) is 8.09. The van der Waals surface area contributed by atoms with E-state index in [4.69, 9.17) is 0 Å². The second-order valence-corrected chi connectivity index (χ2v) is 5.86. The fourth-order valence-electron chi connectivity index (χ4n) is 2.83. The molecule has 9 heteroatoms. The Kier molecular flexibility index (Phi) is 4.82. The zero-order chi connectivity index (χ0) is 20.4. The number of nitrogens with one attached hydrogen (secondary N) is 1. The van der Waals surface area contributed by atoms with Gasteiger partial charge < -0.3 is 20.1 Å². The standard InChI is InChI=1S/C19H15N3O6/c1-2-9-21-14-6-4-3-5-12(14)17(24)16(19(21)26)18(25)20-13-10-11(22(27)28)7-8-15(13)23/h2-8,10,23-24H,1,9H2,(H,20,25). The van der Waals surface area contributed by atoms with E-state index >= 15 is 0 Å². The topological polar surface area (TPSA) is 135 Å². The van der Waals surface area contributed by atoms with Crippen molar-refractivity contribution in [1.29, 1.82) is 0 Å². The van der Waals surface area contributed by atoms with E-state index in [1.165, 1.54) is 10.6 Å². The fourth-order valence-corrected chi connectivity index (χ4v) is 2.83. The molecule has 3 N–H and O–H groups in total. The zero-order valence-electron chi connectivity index (χ0n) is 14.5. The minimum atomic E-state index is -1.01. The molecule has 0 bridgehead atoms. The largest absolute Gasteiger partial charge is 0.506 e. The van der Waals surface area contributed by atoms with Gasteiger partial charge in [-0.1, -0.05) is 18.2 Å². The van der Waals surface area contributed by atoms with E-state index in [1.807, 2.05) is 0 Å². The van der Waals surface area contributed by atoms with Crippen LogP contribution in [-0.2, 0) is 6.54 Å². The van der Waals surface area contributed by atoms with Crippen LogP contribution in [0.2, 0.25) is 0 Å². The molecule has 2 aromatic carbocycles. The molecule has 0 spiro atoms. The van der Waals surface area contributed by atoms with Crippen molar-refractivity contribution in [1.82, 2.24) is 4.57 Å². The molecule has 142 valence electrons. The molecule has 0 atom stereocenters. The molecule has 9 nitrogen and oxygen atoms in total. The van der Waals surface area contributed by atoms with Gasteiger partial charge >= 0.3 is 0 Å². The van der Waals surface area contributed by atoms with Crippen molar-refractivity contribution in [2.75, 3.05) is 5.32 Å². The van der Waals surface area contributed by atoms with E-state index in [1.54, 1.807) is 24.3 Å². The summed E-state index contributed by atoms with van der Waals surface area (Å²) in [7, 11) is 0. The molecule has 0 saturated heterocycles. The number of para-hydroxylation sites is 1. The van der Waals surface area contributed by atoms with Crippen molar-refractivity contribution in [2.45, 2.75) is 6.54 Å². The van der Waals surface area contributed by atoms with Gasteiger partial charge in [-0.05, 0) is 18.2 Å². The lowest BCUT2D eigenvalue weighted by Crippen LogP contribution is -2.29. The molecular formula is C19H15N3O6. The first-order valence-electron chi connectivity index (χ1n) is 8.09. The summed E-state index contributed by atoms with van der Waals surface area (Å²) in [5, 5.41) is 33.8. The van der Waals surface area contributed by atoms with Crippen molar-refractivity contribution in [2.24, 2.45) is 0 Å². The van der Waals surface area contributed by atoms with E-state index in [2.05, 4.69) is 11.9 Å². The number of benzene rings is 2. The summed E-state index contributed by atoms with van der Waals surface area (Å²) in [6.45, 7) is 3.69. The SMILES string of the molecule is C=CCn1c(=O)c(C(=O)Nc2cc([N+](=O)[O-])ccc2O)c(O)c2ccccc21. The lowest BCUT2D eigenvalue weighted by Gasteiger charge is -2.14. The average Bonchev–Trinajstić information content (AvgIpc) is 2.67. The van der Waals surface area contributed by atoms with Crippen LogP contribution in [0.1, 0.15) is 10.4 Å². The molecule has 28 heavy (non-hydrogen) atoms. The van der Waals surface area contributed by atoms with Gasteiger partial charge in [0.1, 0.15) is 17.1 Å². The summed E-state index contributed by atoms with van der Waals surface area (Å²) in [5.74, 6) is -1.96. The highest BCUT2D eigenvalue weighted by Crippen LogP contribution is 2.30. The number of nitro groups is 1. The Morgan fingerprint density at radius 1 is 1.25 bits per heavy atom. The Bertz CT molecular complexity index is 1180. The number of phenols is 1.